The number of carboxylic acids is 1. The normalized spacial score (nSPS) is 17.1. The molecule has 1 aliphatic carbocycles. The zero-order valence-corrected chi connectivity index (χ0v) is 9.48. The van der Waals surface area contributed by atoms with Crippen LogP contribution in [0.5, 0.6) is 0 Å². The van der Waals surface area contributed by atoms with Gasteiger partial charge in [0, 0.05) is 5.02 Å². The third-order valence-electron chi connectivity index (χ3n) is 2.61. The van der Waals surface area contributed by atoms with Crippen molar-refractivity contribution >= 4 is 17.6 Å². The van der Waals surface area contributed by atoms with Crippen LogP contribution in [0.15, 0.2) is 24.3 Å². The van der Waals surface area contributed by atoms with E-state index in [0.29, 0.717) is 11.6 Å². The number of halogens is 1. The van der Waals surface area contributed by atoms with Crippen LogP contribution >= 0.6 is 11.6 Å². The molecule has 1 aliphatic rings. The van der Waals surface area contributed by atoms with E-state index >= 15 is 0 Å². The van der Waals surface area contributed by atoms with Crippen molar-refractivity contribution in [1.82, 2.24) is 0 Å². The largest absolute Gasteiger partial charge is 0.479 e. The Bertz CT molecular complexity index is 388. The monoisotopic (exact) mass is 240 g/mol. The molecule has 0 saturated heterocycles. The highest BCUT2D eigenvalue weighted by Crippen LogP contribution is 2.34. The fourth-order valence-electron chi connectivity index (χ4n) is 1.62. The van der Waals surface area contributed by atoms with Gasteiger partial charge in [0.25, 0.3) is 0 Å². The number of carbonyl (C=O) groups is 1. The van der Waals surface area contributed by atoms with Gasteiger partial charge in [-0.05, 0) is 36.5 Å². The minimum atomic E-state index is -0.871. The zero-order valence-electron chi connectivity index (χ0n) is 8.73. The van der Waals surface area contributed by atoms with E-state index in [-0.39, 0.29) is 5.92 Å². The van der Waals surface area contributed by atoms with Crippen molar-refractivity contribution in [3.63, 3.8) is 0 Å². The second kappa shape index (κ2) is 4.85. The van der Waals surface area contributed by atoms with Crippen LogP contribution in [0.2, 0.25) is 5.02 Å². The molecule has 0 heterocycles. The maximum absolute atomic E-state index is 10.9. The minimum Gasteiger partial charge on any atom is -0.479 e. The highest BCUT2D eigenvalue weighted by atomic mass is 35.5. The summed E-state index contributed by atoms with van der Waals surface area (Å²) in [5, 5.41) is 9.60. The first kappa shape index (κ1) is 11.4. The molecule has 4 heteroatoms. The van der Waals surface area contributed by atoms with E-state index in [2.05, 4.69) is 0 Å². The lowest BCUT2D eigenvalue weighted by Crippen LogP contribution is -2.25. The number of carboxylic acid groups (broad SMARTS) is 1. The lowest BCUT2D eigenvalue weighted by Gasteiger charge is -2.12. The number of aliphatic carboxylic acids is 1. The summed E-state index contributed by atoms with van der Waals surface area (Å²) < 4.78 is 5.41. The lowest BCUT2D eigenvalue weighted by molar-refractivity contribution is -0.152. The first-order valence-electron chi connectivity index (χ1n) is 5.25. The Balaban J connectivity index is 1.92. The molecule has 3 nitrogen and oxygen atoms in total. The highest BCUT2D eigenvalue weighted by molar-refractivity contribution is 6.30. The predicted molar refractivity (Wildman–Crippen MR) is 60.4 cm³/mol. The van der Waals surface area contributed by atoms with Crippen LogP contribution in [-0.2, 0) is 16.1 Å². The summed E-state index contributed by atoms with van der Waals surface area (Å²) in [6.45, 7) is 0.300. The van der Waals surface area contributed by atoms with Crippen molar-refractivity contribution in [3.8, 4) is 0 Å². The third-order valence-corrected chi connectivity index (χ3v) is 2.85. The van der Waals surface area contributed by atoms with Gasteiger partial charge in [-0.3, -0.25) is 0 Å². The van der Waals surface area contributed by atoms with Crippen LogP contribution < -0.4 is 0 Å². The first-order valence-corrected chi connectivity index (χ1v) is 5.63. The van der Waals surface area contributed by atoms with Gasteiger partial charge in [-0.25, -0.2) is 4.79 Å². The van der Waals surface area contributed by atoms with Crippen molar-refractivity contribution in [3.05, 3.63) is 34.9 Å². The average molecular weight is 241 g/mol. The van der Waals surface area contributed by atoms with Crippen LogP contribution in [-0.4, -0.2) is 17.2 Å². The first-order chi connectivity index (χ1) is 7.66. The molecule has 1 unspecified atom stereocenters. The number of ether oxygens (including phenoxy) is 1. The van der Waals surface area contributed by atoms with Gasteiger partial charge in [0.05, 0.1) is 6.61 Å². The molecular weight excluding hydrogens is 228 g/mol. The van der Waals surface area contributed by atoms with Gasteiger partial charge in [0.15, 0.2) is 6.10 Å². The van der Waals surface area contributed by atoms with Gasteiger partial charge in [0.2, 0.25) is 0 Å². The maximum Gasteiger partial charge on any atom is 0.333 e. The van der Waals surface area contributed by atoms with Crippen molar-refractivity contribution in [2.45, 2.75) is 25.6 Å². The van der Waals surface area contributed by atoms with Gasteiger partial charge < -0.3 is 9.84 Å². The Labute approximate surface area is 99.0 Å². The van der Waals surface area contributed by atoms with Gasteiger partial charge in [-0.2, -0.15) is 0 Å². The Morgan fingerprint density at radius 2 is 2.31 bits per heavy atom. The maximum atomic E-state index is 10.9. The van der Waals surface area contributed by atoms with E-state index in [4.69, 9.17) is 21.4 Å². The van der Waals surface area contributed by atoms with Gasteiger partial charge in [0.1, 0.15) is 0 Å². The second-order valence-corrected chi connectivity index (χ2v) is 4.47. The van der Waals surface area contributed by atoms with Crippen LogP contribution in [0.25, 0.3) is 0 Å². The van der Waals surface area contributed by atoms with Gasteiger partial charge >= 0.3 is 5.97 Å². The zero-order chi connectivity index (χ0) is 11.5. The highest BCUT2D eigenvalue weighted by Gasteiger charge is 2.37. The summed E-state index contributed by atoms with van der Waals surface area (Å²) in [6, 6.07) is 7.26. The van der Waals surface area contributed by atoms with Crippen molar-refractivity contribution in [1.29, 1.82) is 0 Å². The Morgan fingerprint density at radius 1 is 1.56 bits per heavy atom. The SMILES string of the molecule is O=C(O)C(OCc1cccc(Cl)c1)C1CC1. The molecule has 0 aliphatic heterocycles. The lowest BCUT2D eigenvalue weighted by atomic mass is 10.2. The van der Waals surface area contributed by atoms with E-state index in [9.17, 15) is 4.79 Å². The summed E-state index contributed by atoms with van der Waals surface area (Å²) in [7, 11) is 0. The molecule has 1 aromatic rings. The molecule has 0 aromatic heterocycles. The van der Waals surface area contributed by atoms with E-state index in [0.717, 1.165) is 18.4 Å². The van der Waals surface area contributed by atoms with Crippen molar-refractivity contribution in [2.24, 2.45) is 5.92 Å². The molecule has 1 aromatic carbocycles. The smallest absolute Gasteiger partial charge is 0.333 e. The molecular formula is C12H13ClO3. The van der Waals surface area contributed by atoms with Crippen LogP contribution in [0.1, 0.15) is 18.4 Å². The Kier molecular flexibility index (Phi) is 3.46. The summed E-state index contributed by atoms with van der Waals surface area (Å²) in [5.41, 5.74) is 0.902. The molecule has 1 atom stereocenters. The number of benzene rings is 1. The van der Waals surface area contributed by atoms with Gasteiger partial charge in [-0.15, -0.1) is 0 Å². The topological polar surface area (TPSA) is 46.5 Å². The molecule has 86 valence electrons. The molecule has 0 amide bonds. The Morgan fingerprint density at radius 3 is 2.88 bits per heavy atom. The summed E-state index contributed by atoms with van der Waals surface area (Å²) in [5.74, 6) is -0.679. The molecule has 16 heavy (non-hydrogen) atoms. The standard InChI is InChI=1S/C12H13ClO3/c13-10-3-1-2-8(6-10)7-16-11(12(14)15)9-4-5-9/h1-3,6,9,11H,4-5,7H2,(H,14,15). The minimum absolute atomic E-state index is 0.191. The fraction of sp³-hybridized carbons (Fsp3) is 0.417. The summed E-state index contributed by atoms with van der Waals surface area (Å²) >= 11 is 5.83. The number of hydrogen-bond acceptors (Lipinski definition) is 2. The molecule has 1 fully saturated rings. The quantitative estimate of drug-likeness (QED) is 0.861. The van der Waals surface area contributed by atoms with E-state index < -0.39 is 12.1 Å². The molecule has 1 saturated carbocycles. The molecule has 0 radical (unpaired) electrons. The van der Waals surface area contributed by atoms with Crippen molar-refractivity contribution in [2.75, 3.05) is 0 Å². The molecule has 1 N–H and O–H groups in total. The molecule has 0 spiro atoms. The van der Waals surface area contributed by atoms with Crippen molar-refractivity contribution < 1.29 is 14.6 Å². The van der Waals surface area contributed by atoms with Crippen LogP contribution in [0, 0.1) is 5.92 Å². The number of hydrogen-bond donors (Lipinski definition) is 1. The van der Waals surface area contributed by atoms with Gasteiger partial charge in [-0.1, -0.05) is 23.7 Å². The summed E-state index contributed by atoms with van der Waals surface area (Å²) in [4.78, 5) is 10.9. The predicted octanol–water partition coefficient (Wildman–Crippen LogP) is 2.72. The van der Waals surface area contributed by atoms with Crippen LogP contribution in [0.4, 0.5) is 0 Å². The molecule has 0 bridgehead atoms. The number of rotatable bonds is 5. The fourth-order valence-corrected chi connectivity index (χ4v) is 1.83. The third kappa shape index (κ3) is 2.97. The van der Waals surface area contributed by atoms with E-state index in [1.165, 1.54) is 0 Å². The van der Waals surface area contributed by atoms with E-state index in [1.807, 2.05) is 12.1 Å². The van der Waals surface area contributed by atoms with Crippen LogP contribution in [0.3, 0.4) is 0 Å². The second-order valence-electron chi connectivity index (χ2n) is 4.04. The average Bonchev–Trinajstić information content (AvgIpc) is 3.02. The van der Waals surface area contributed by atoms with E-state index in [1.54, 1.807) is 12.1 Å². The summed E-state index contributed by atoms with van der Waals surface area (Å²) in [6.07, 6.45) is 1.23. The molecule has 2 rings (SSSR count). The Hall–Kier alpha value is -1.06.